The molecule has 178 valence electrons. The number of carbonyl (C=O) groups excluding carboxylic acids is 1. The summed E-state index contributed by atoms with van der Waals surface area (Å²) in [7, 11) is -4.02. The maximum Gasteiger partial charge on any atom is 0.298 e. The van der Waals surface area contributed by atoms with Gasteiger partial charge in [0.2, 0.25) is 0 Å². The highest BCUT2D eigenvalue weighted by Gasteiger charge is 2.59. The Morgan fingerprint density at radius 3 is 2.19 bits per heavy atom. The Morgan fingerprint density at radius 1 is 1.06 bits per heavy atom. The third-order valence-electron chi connectivity index (χ3n) is 7.83. The van der Waals surface area contributed by atoms with Crippen LogP contribution < -0.4 is 0 Å². The van der Waals surface area contributed by atoms with Crippen molar-refractivity contribution in [2.24, 2.45) is 10.9 Å². The molecule has 5 atom stereocenters. The maximum atomic E-state index is 12.1. The highest BCUT2D eigenvalue weighted by molar-refractivity contribution is 6.74. The molecule has 2 saturated heterocycles. The maximum absolute atomic E-state index is 12.1. The van der Waals surface area contributed by atoms with Gasteiger partial charge in [0.1, 0.15) is 12.2 Å². The van der Waals surface area contributed by atoms with Crippen molar-refractivity contribution in [2.75, 3.05) is 13.2 Å². The fraction of sp³-hybridized carbons (Fsp3) is 0.909. The van der Waals surface area contributed by atoms with E-state index >= 15 is 0 Å². The van der Waals surface area contributed by atoms with E-state index in [9.17, 15) is 4.79 Å². The second kappa shape index (κ2) is 7.93. The van der Waals surface area contributed by atoms with E-state index in [0.717, 1.165) is 0 Å². The number of rotatable bonds is 5. The van der Waals surface area contributed by atoms with Gasteiger partial charge in [-0.05, 0) is 36.3 Å². The molecule has 3 heterocycles. The largest absolute Gasteiger partial charge is 0.454 e. The van der Waals surface area contributed by atoms with Crippen molar-refractivity contribution in [3.05, 3.63) is 0 Å². The minimum atomic E-state index is -2.09. The van der Waals surface area contributed by atoms with Gasteiger partial charge in [-0.1, -0.05) is 48.5 Å². The Kier molecular flexibility index (Phi) is 6.37. The van der Waals surface area contributed by atoms with Crippen LogP contribution in [0, 0.1) is 5.92 Å². The number of amides is 1. The normalized spacial score (nSPS) is 32.0. The van der Waals surface area contributed by atoms with Gasteiger partial charge in [-0.2, -0.15) is 4.99 Å². The first kappa shape index (κ1) is 24.9. The fourth-order valence-corrected chi connectivity index (χ4v) is 5.87. The highest BCUT2D eigenvalue weighted by Crippen LogP contribution is 2.44. The molecule has 0 radical (unpaired) electrons. The Bertz CT molecular complexity index is 741. The van der Waals surface area contributed by atoms with Gasteiger partial charge in [-0.3, -0.25) is 9.69 Å². The molecule has 3 aliphatic heterocycles. The third-order valence-corrected chi connectivity index (χ3v) is 16.8. The van der Waals surface area contributed by atoms with Crippen molar-refractivity contribution < 1.29 is 23.1 Å². The molecule has 0 aromatic carbocycles. The van der Waals surface area contributed by atoms with Crippen LogP contribution in [-0.2, 0) is 23.1 Å². The van der Waals surface area contributed by atoms with Crippen molar-refractivity contribution in [1.29, 1.82) is 0 Å². The van der Waals surface area contributed by atoms with Crippen LogP contribution in [0.2, 0.25) is 36.3 Å². The van der Waals surface area contributed by atoms with E-state index < -0.39 is 16.6 Å². The molecule has 0 unspecified atom stereocenters. The van der Waals surface area contributed by atoms with Crippen LogP contribution in [0.3, 0.4) is 0 Å². The summed E-state index contributed by atoms with van der Waals surface area (Å²) in [5, 5.41) is 0.180. The Labute approximate surface area is 190 Å². The monoisotopic (exact) mass is 470 g/mol. The molecule has 0 aromatic heterocycles. The van der Waals surface area contributed by atoms with E-state index in [1.807, 2.05) is 11.8 Å². The molecule has 3 rings (SSSR count). The van der Waals surface area contributed by atoms with Gasteiger partial charge in [0.25, 0.3) is 11.9 Å². The van der Waals surface area contributed by atoms with E-state index in [4.69, 9.17) is 18.3 Å². The van der Waals surface area contributed by atoms with Crippen LogP contribution in [0.4, 0.5) is 0 Å². The lowest BCUT2D eigenvalue weighted by atomic mass is 10.1. The summed E-state index contributed by atoms with van der Waals surface area (Å²) in [4.78, 5) is 18.2. The highest BCUT2D eigenvalue weighted by atomic mass is 28.4. The molecule has 0 aliphatic carbocycles. The van der Waals surface area contributed by atoms with Crippen molar-refractivity contribution >= 4 is 28.6 Å². The summed E-state index contributed by atoms with van der Waals surface area (Å²) in [6, 6.07) is 0.380. The van der Waals surface area contributed by atoms with Gasteiger partial charge >= 0.3 is 0 Å². The molecule has 1 amide bonds. The number of hydrogen-bond donors (Lipinski definition) is 0. The van der Waals surface area contributed by atoms with Crippen LogP contribution in [0.15, 0.2) is 4.99 Å². The number of ether oxygens (including phenoxy) is 2. The third kappa shape index (κ3) is 4.66. The first-order valence-corrected chi connectivity index (χ1v) is 17.3. The second-order valence-electron chi connectivity index (χ2n) is 12.3. The molecule has 2 fully saturated rings. The standard InChI is InChI=1S/C22H42N2O5Si2/c1-14-12-24-19-17(28-20(24)23-18(14)25)16(29-31(10,11)22(5,6)7)15(27-19)13-26-30(8,9)21(2,3)4/h14-17,19H,12-13H2,1-11H3/t14-,15-,16-,17+,19-/m1/s1. The van der Waals surface area contributed by atoms with Gasteiger partial charge < -0.3 is 18.3 Å². The number of nitrogens with zero attached hydrogens (tertiary/aromatic N) is 2. The van der Waals surface area contributed by atoms with E-state index in [1.54, 1.807) is 0 Å². The van der Waals surface area contributed by atoms with E-state index in [2.05, 4.69) is 72.7 Å². The molecule has 9 heteroatoms. The van der Waals surface area contributed by atoms with Crippen molar-refractivity contribution in [3.8, 4) is 0 Å². The van der Waals surface area contributed by atoms with Gasteiger partial charge in [-0.25, -0.2) is 0 Å². The SMILES string of the molecule is C[C@@H]1CN2C(=NC1=O)O[C@H]1[C@H](O[Si](C)(C)C(C)(C)C)[C@@H](CO[Si](C)(C)C(C)(C)C)O[C@H]12. The average Bonchev–Trinajstić information content (AvgIpc) is 3.08. The predicted molar refractivity (Wildman–Crippen MR) is 127 cm³/mol. The lowest BCUT2D eigenvalue weighted by molar-refractivity contribution is -0.123. The Balaban J connectivity index is 1.85. The molecule has 0 bridgehead atoms. The molecule has 31 heavy (non-hydrogen) atoms. The van der Waals surface area contributed by atoms with Crippen molar-refractivity contribution in [1.82, 2.24) is 4.90 Å². The zero-order valence-electron chi connectivity index (χ0n) is 21.2. The molecule has 7 nitrogen and oxygen atoms in total. The van der Waals surface area contributed by atoms with E-state index in [0.29, 0.717) is 19.2 Å². The van der Waals surface area contributed by atoms with Gasteiger partial charge in [0, 0.05) is 6.54 Å². The first-order valence-electron chi connectivity index (χ1n) is 11.5. The summed E-state index contributed by atoms with van der Waals surface area (Å²) in [5.74, 6) is -0.303. The van der Waals surface area contributed by atoms with Crippen LogP contribution >= 0.6 is 0 Å². The zero-order chi connectivity index (χ0) is 23.6. The summed E-state index contributed by atoms with van der Waals surface area (Å²) < 4.78 is 26.1. The summed E-state index contributed by atoms with van der Waals surface area (Å²) >= 11 is 0. The lowest BCUT2D eigenvalue weighted by Gasteiger charge is -2.41. The molecule has 0 spiro atoms. The minimum absolute atomic E-state index is 0.0591. The minimum Gasteiger partial charge on any atom is -0.454 e. The average molecular weight is 471 g/mol. The predicted octanol–water partition coefficient (Wildman–Crippen LogP) is 4.36. The lowest BCUT2D eigenvalue weighted by Crippen LogP contribution is -2.51. The quantitative estimate of drug-likeness (QED) is 0.556. The van der Waals surface area contributed by atoms with Gasteiger partial charge in [0.15, 0.2) is 29.0 Å². The van der Waals surface area contributed by atoms with Crippen LogP contribution in [-0.4, -0.2) is 71.2 Å². The number of fused-ring (bicyclic) bond motifs is 3. The summed E-state index contributed by atoms with van der Waals surface area (Å²) in [5.41, 5.74) is 0. The number of aliphatic imine (C=N–C) groups is 1. The molecule has 0 saturated carbocycles. The van der Waals surface area contributed by atoms with Crippen molar-refractivity contribution in [2.45, 2.75) is 109 Å². The number of hydrogen-bond acceptors (Lipinski definition) is 6. The summed E-state index contributed by atoms with van der Waals surface area (Å²) in [6.45, 7) is 25.4. The fourth-order valence-electron chi connectivity index (χ4n) is 3.53. The molecule has 0 N–H and O–H groups in total. The molecule has 3 aliphatic rings. The smallest absolute Gasteiger partial charge is 0.298 e. The van der Waals surface area contributed by atoms with Crippen LogP contribution in [0.25, 0.3) is 0 Å². The second-order valence-corrected chi connectivity index (χ2v) is 21.9. The number of amidine groups is 1. The van der Waals surface area contributed by atoms with Gasteiger partial charge in [-0.15, -0.1) is 0 Å². The van der Waals surface area contributed by atoms with E-state index in [1.165, 1.54) is 0 Å². The Hall–Kier alpha value is -0.746. The van der Waals surface area contributed by atoms with Gasteiger partial charge in [0.05, 0.1) is 12.5 Å². The number of carbonyl (C=O) groups is 1. The topological polar surface area (TPSA) is 69.6 Å². The summed E-state index contributed by atoms with van der Waals surface area (Å²) in [6.07, 6.45) is -1.07. The molecular formula is C22H42N2O5Si2. The van der Waals surface area contributed by atoms with Crippen molar-refractivity contribution in [3.63, 3.8) is 0 Å². The zero-order valence-corrected chi connectivity index (χ0v) is 23.2. The van der Waals surface area contributed by atoms with Crippen LogP contribution in [0.1, 0.15) is 48.5 Å². The molecule has 0 aromatic rings. The van der Waals surface area contributed by atoms with E-state index in [-0.39, 0.29) is 46.4 Å². The molecular weight excluding hydrogens is 428 g/mol. The van der Waals surface area contributed by atoms with Crippen LogP contribution in [0.5, 0.6) is 0 Å². The first-order chi connectivity index (χ1) is 13.9. The Morgan fingerprint density at radius 2 is 1.65 bits per heavy atom.